The van der Waals surface area contributed by atoms with Gasteiger partial charge in [-0.1, -0.05) is 0 Å². The number of rotatable bonds is 1. The summed E-state index contributed by atoms with van der Waals surface area (Å²) >= 11 is 0. The van der Waals surface area contributed by atoms with E-state index in [1.54, 1.807) is 0 Å². The molecule has 1 nitrogen and oxygen atoms in total. The van der Waals surface area contributed by atoms with Crippen LogP contribution >= 0.6 is 0 Å². The summed E-state index contributed by atoms with van der Waals surface area (Å²) in [6, 6.07) is -1.26. The van der Waals surface area contributed by atoms with Crippen molar-refractivity contribution in [1.82, 2.24) is 0 Å². The largest absolute Gasteiger partial charge is 0.322 e. The lowest BCUT2D eigenvalue weighted by atomic mass is 10.2. The van der Waals surface area contributed by atoms with Crippen LogP contribution in [0.4, 0.5) is 8.78 Å². The van der Waals surface area contributed by atoms with Gasteiger partial charge in [-0.3, -0.25) is 0 Å². The summed E-state index contributed by atoms with van der Waals surface area (Å²) in [6.45, 7) is 1.17. The average molecular weight is 119 g/mol. The minimum atomic E-state index is -3.15. The Morgan fingerprint density at radius 1 is 1.75 bits per heavy atom. The van der Waals surface area contributed by atoms with Crippen LogP contribution in [0.15, 0.2) is 0 Å². The predicted octanol–water partition coefficient (Wildman–Crippen LogP) is 0.602. The summed E-state index contributed by atoms with van der Waals surface area (Å²) in [6.07, 6.45) is 4.43. The Morgan fingerprint density at radius 3 is 2.12 bits per heavy atom. The molecule has 0 rings (SSSR count). The molecule has 0 fully saturated rings. The third-order valence-electron chi connectivity index (χ3n) is 0.764. The molecule has 0 bridgehead atoms. The van der Waals surface area contributed by atoms with Crippen molar-refractivity contribution in [1.29, 1.82) is 0 Å². The minimum Gasteiger partial charge on any atom is -0.322 e. The SMILES string of the molecule is C#CC(F)(F)[C@@H](C)N. The third-order valence-corrected chi connectivity index (χ3v) is 0.764. The number of hydrogen-bond donors (Lipinski definition) is 1. The van der Waals surface area contributed by atoms with Crippen molar-refractivity contribution in [2.45, 2.75) is 18.9 Å². The zero-order valence-corrected chi connectivity index (χ0v) is 4.49. The lowest BCUT2D eigenvalue weighted by Gasteiger charge is -2.11. The van der Waals surface area contributed by atoms with Crippen molar-refractivity contribution in [3.05, 3.63) is 0 Å². The Bertz CT molecular complexity index is 112. The smallest absolute Gasteiger partial charge is 0.322 e. The van der Waals surface area contributed by atoms with Gasteiger partial charge in [0.15, 0.2) is 0 Å². The number of halogens is 2. The average Bonchev–Trinajstić information content (AvgIpc) is 1.67. The van der Waals surface area contributed by atoms with Crippen LogP contribution in [-0.2, 0) is 0 Å². The summed E-state index contributed by atoms with van der Waals surface area (Å²) in [7, 11) is 0. The van der Waals surface area contributed by atoms with Crippen LogP contribution < -0.4 is 5.73 Å². The molecule has 0 aliphatic heterocycles. The summed E-state index contributed by atoms with van der Waals surface area (Å²) < 4.78 is 23.8. The molecule has 0 aromatic heterocycles. The molecule has 8 heavy (non-hydrogen) atoms. The number of alkyl halides is 2. The summed E-state index contributed by atoms with van der Waals surface area (Å²) in [5.74, 6) is -1.87. The highest BCUT2D eigenvalue weighted by Crippen LogP contribution is 2.13. The monoisotopic (exact) mass is 119 g/mol. The van der Waals surface area contributed by atoms with Gasteiger partial charge in [-0.2, -0.15) is 8.78 Å². The number of nitrogens with two attached hydrogens (primary N) is 1. The van der Waals surface area contributed by atoms with Gasteiger partial charge >= 0.3 is 5.92 Å². The van der Waals surface area contributed by atoms with Crippen molar-refractivity contribution in [3.8, 4) is 12.3 Å². The Balaban J connectivity index is 3.97. The van der Waals surface area contributed by atoms with Crippen LogP contribution in [0.5, 0.6) is 0 Å². The predicted molar refractivity (Wildman–Crippen MR) is 27.4 cm³/mol. The van der Waals surface area contributed by atoms with Gasteiger partial charge in [-0.25, -0.2) is 0 Å². The summed E-state index contributed by atoms with van der Waals surface area (Å²) in [4.78, 5) is 0. The minimum absolute atomic E-state index is 1.17. The molecule has 0 saturated carbocycles. The van der Waals surface area contributed by atoms with Gasteiger partial charge < -0.3 is 5.73 Å². The first-order chi connectivity index (χ1) is 3.50. The lowest BCUT2D eigenvalue weighted by molar-refractivity contribution is 0.0436. The maximum Gasteiger partial charge on any atom is 0.322 e. The fraction of sp³-hybridized carbons (Fsp3) is 0.600. The van der Waals surface area contributed by atoms with Crippen molar-refractivity contribution in [2.75, 3.05) is 0 Å². The van der Waals surface area contributed by atoms with Gasteiger partial charge in [-0.05, 0) is 12.8 Å². The molecule has 0 heterocycles. The maximum absolute atomic E-state index is 11.9. The van der Waals surface area contributed by atoms with Gasteiger partial charge in [0.2, 0.25) is 0 Å². The van der Waals surface area contributed by atoms with Crippen LogP contribution in [0.2, 0.25) is 0 Å². The fourth-order valence-electron chi connectivity index (χ4n) is 0.131. The first-order valence-corrected chi connectivity index (χ1v) is 2.12. The summed E-state index contributed by atoms with van der Waals surface area (Å²) in [5, 5.41) is 0. The molecule has 0 aromatic rings. The van der Waals surface area contributed by atoms with Gasteiger partial charge in [-0.15, -0.1) is 6.42 Å². The highest BCUT2D eigenvalue weighted by Gasteiger charge is 2.30. The van der Waals surface area contributed by atoms with E-state index in [0.29, 0.717) is 0 Å². The van der Waals surface area contributed by atoms with E-state index in [0.717, 1.165) is 0 Å². The van der Waals surface area contributed by atoms with Gasteiger partial charge in [0, 0.05) is 0 Å². The lowest BCUT2D eigenvalue weighted by Crippen LogP contribution is -2.36. The normalized spacial score (nSPS) is 14.9. The summed E-state index contributed by atoms with van der Waals surface area (Å²) in [5.41, 5.74) is 4.79. The molecule has 0 aromatic carbocycles. The highest BCUT2D eigenvalue weighted by molar-refractivity contribution is 5.04. The topological polar surface area (TPSA) is 26.0 Å². The molecular formula is C5H7F2N. The molecule has 46 valence electrons. The maximum atomic E-state index is 11.9. The zero-order chi connectivity index (χ0) is 6.78. The first kappa shape index (κ1) is 7.38. The highest BCUT2D eigenvalue weighted by atomic mass is 19.3. The fourth-order valence-corrected chi connectivity index (χ4v) is 0.131. The molecule has 2 N–H and O–H groups in total. The molecule has 0 radical (unpaired) electrons. The van der Waals surface area contributed by atoms with Gasteiger partial charge in [0.1, 0.15) is 0 Å². The van der Waals surface area contributed by atoms with E-state index in [-0.39, 0.29) is 0 Å². The van der Waals surface area contributed by atoms with Crippen LogP contribution in [0.1, 0.15) is 6.92 Å². The van der Waals surface area contributed by atoms with E-state index in [1.807, 2.05) is 0 Å². The van der Waals surface area contributed by atoms with Crippen LogP contribution in [-0.4, -0.2) is 12.0 Å². The second-order valence-corrected chi connectivity index (χ2v) is 1.56. The Kier molecular flexibility index (Phi) is 1.94. The number of hydrogen-bond acceptors (Lipinski definition) is 1. The van der Waals surface area contributed by atoms with Gasteiger partial charge in [0.25, 0.3) is 0 Å². The van der Waals surface area contributed by atoms with E-state index >= 15 is 0 Å². The number of terminal acetylenes is 1. The quantitative estimate of drug-likeness (QED) is 0.502. The first-order valence-electron chi connectivity index (χ1n) is 2.12. The molecule has 0 unspecified atom stereocenters. The molecule has 0 aliphatic rings. The Labute approximate surface area is 46.9 Å². The van der Waals surface area contributed by atoms with Crippen LogP contribution in [0.3, 0.4) is 0 Å². The van der Waals surface area contributed by atoms with Crippen molar-refractivity contribution >= 4 is 0 Å². The molecule has 0 saturated heterocycles. The molecular weight excluding hydrogens is 112 g/mol. The van der Waals surface area contributed by atoms with E-state index in [9.17, 15) is 8.78 Å². The molecule has 0 aliphatic carbocycles. The Morgan fingerprint density at radius 2 is 2.12 bits per heavy atom. The second kappa shape index (κ2) is 2.10. The van der Waals surface area contributed by atoms with E-state index in [1.165, 1.54) is 12.8 Å². The molecule has 3 heteroatoms. The van der Waals surface area contributed by atoms with Crippen molar-refractivity contribution in [2.24, 2.45) is 5.73 Å². The molecule has 0 spiro atoms. The zero-order valence-electron chi connectivity index (χ0n) is 4.49. The van der Waals surface area contributed by atoms with Gasteiger partial charge in [0.05, 0.1) is 6.04 Å². The van der Waals surface area contributed by atoms with Crippen LogP contribution in [0.25, 0.3) is 0 Å². The third kappa shape index (κ3) is 1.47. The second-order valence-electron chi connectivity index (χ2n) is 1.56. The van der Waals surface area contributed by atoms with E-state index < -0.39 is 12.0 Å². The molecule has 1 atom stereocenters. The van der Waals surface area contributed by atoms with Crippen molar-refractivity contribution < 1.29 is 8.78 Å². The standard InChI is InChI=1S/C5H7F2N/c1-3-5(6,7)4(2)8/h1,4H,8H2,2H3/t4-/m1/s1. The van der Waals surface area contributed by atoms with Crippen LogP contribution in [0, 0.1) is 12.3 Å². The Hall–Kier alpha value is -0.620. The molecule has 0 amide bonds. The van der Waals surface area contributed by atoms with Crippen molar-refractivity contribution in [3.63, 3.8) is 0 Å². The van der Waals surface area contributed by atoms with E-state index in [4.69, 9.17) is 5.73 Å². The van der Waals surface area contributed by atoms with E-state index in [2.05, 4.69) is 6.42 Å².